The van der Waals surface area contributed by atoms with Crippen molar-refractivity contribution in [1.29, 1.82) is 0 Å². The SMILES string of the molecule is COc1ccc(-n2cccn2)c(CN2CCc3c(c(C(N)=O)nn3C)C2)c1. The van der Waals surface area contributed by atoms with E-state index in [-0.39, 0.29) is 0 Å². The summed E-state index contributed by atoms with van der Waals surface area (Å²) in [5.41, 5.74) is 10.0. The normalized spacial score (nSPS) is 14.1. The van der Waals surface area contributed by atoms with Crippen molar-refractivity contribution in [3.05, 3.63) is 59.2 Å². The molecule has 0 aliphatic carbocycles. The number of benzene rings is 1. The van der Waals surface area contributed by atoms with E-state index in [1.165, 1.54) is 0 Å². The molecule has 3 aromatic rings. The van der Waals surface area contributed by atoms with Crippen molar-refractivity contribution in [2.75, 3.05) is 13.7 Å². The third-order valence-corrected chi connectivity index (χ3v) is 4.99. The summed E-state index contributed by atoms with van der Waals surface area (Å²) in [4.78, 5) is 14.0. The molecule has 0 saturated carbocycles. The van der Waals surface area contributed by atoms with Gasteiger partial charge in [0.1, 0.15) is 5.75 Å². The van der Waals surface area contributed by atoms with Crippen LogP contribution in [0, 0.1) is 0 Å². The van der Waals surface area contributed by atoms with Crippen LogP contribution in [0.4, 0.5) is 0 Å². The predicted octanol–water partition coefficient (Wildman–Crippen LogP) is 1.27. The second-order valence-electron chi connectivity index (χ2n) is 6.67. The monoisotopic (exact) mass is 366 g/mol. The standard InChI is InChI=1S/C19H22N6O2/c1-23-17-6-9-24(12-15(17)18(22-23)19(20)26)11-13-10-14(27-2)4-5-16(13)25-8-3-7-21-25/h3-5,7-8,10H,6,9,11-12H2,1-2H3,(H2,20,26). The van der Waals surface area contributed by atoms with Crippen LogP contribution < -0.4 is 10.5 Å². The van der Waals surface area contributed by atoms with Gasteiger partial charge in [0.25, 0.3) is 5.91 Å². The van der Waals surface area contributed by atoms with E-state index in [2.05, 4.69) is 15.1 Å². The summed E-state index contributed by atoms with van der Waals surface area (Å²) < 4.78 is 9.03. The van der Waals surface area contributed by atoms with Gasteiger partial charge in [-0.25, -0.2) is 4.68 Å². The Kier molecular flexibility index (Phi) is 4.41. The molecule has 0 unspecified atom stereocenters. The molecule has 1 aromatic carbocycles. The van der Waals surface area contributed by atoms with Gasteiger partial charge in [0.15, 0.2) is 5.69 Å². The van der Waals surface area contributed by atoms with Gasteiger partial charge in [0.05, 0.1) is 12.8 Å². The van der Waals surface area contributed by atoms with E-state index in [1.54, 1.807) is 18.0 Å². The lowest BCUT2D eigenvalue weighted by molar-refractivity contribution is 0.0992. The number of methoxy groups -OCH3 is 1. The first-order chi connectivity index (χ1) is 13.1. The minimum absolute atomic E-state index is 0.371. The lowest BCUT2D eigenvalue weighted by atomic mass is 10.0. The van der Waals surface area contributed by atoms with Crippen LogP contribution in [0.25, 0.3) is 5.69 Å². The largest absolute Gasteiger partial charge is 0.497 e. The highest BCUT2D eigenvalue weighted by Crippen LogP contribution is 2.27. The van der Waals surface area contributed by atoms with Crippen LogP contribution in [0.1, 0.15) is 27.3 Å². The van der Waals surface area contributed by atoms with Gasteiger partial charge in [-0.2, -0.15) is 10.2 Å². The van der Waals surface area contributed by atoms with Crippen molar-refractivity contribution in [2.45, 2.75) is 19.5 Å². The number of nitrogens with zero attached hydrogens (tertiary/aromatic N) is 5. The van der Waals surface area contributed by atoms with Crippen LogP contribution in [-0.2, 0) is 26.6 Å². The quantitative estimate of drug-likeness (QED) is 0.734. The van der Waals surface area contributed by atoms with Crippen LogP contribution in [-0.4, -0.2) is 44.0 Å². The van der Waals surface area contributed by atoms with Crippen molar-refractivity contribution in [2.24, 2.45) is 12.8 Å². The zero-order chi connectivity index (χ0) is 19.0. The number of ether oxygens (including phenoxy) is 1. The predicted molar refractivity (Wildman–Crippen MR) is 99.7 cm³/mol. The Balaban J connectivity index is 1.65. The molecule has 0 fully saturated rings. The molecule has 27 heavy (non-hydrogen) atoms. The lowest BCUT2D eigenvalue weighted by Crippen LogP contribution is -2.32. The van der Waals surface area contributed by atoms with Crippen LogP contribution >= 0.6 is 0 Å². The third kappa shape index (κ3) is 3.19. The van der Waals surface area contributed by atoms with Crippen LogP contribution in [0.3, 0.4) is 0 Å². The Morgan fingerprint density at radius 3 is 2.93 bits per heavy atom. The lowest BCUT2D eigenvalue weighted by Gasteiger charge is -2.28. The number of aromatic nitrogens is 4. The Morgan fingerprint density at radius 2 is 2.22 bits per heavy atom. The average molecular weight is 366 g/mol. The summed E-state index contributed by atoms with van der Waals surface area (Å²) in [5.74, 6) is 0.324. The Hall–Kier alpha value is -3.13. The Morgan fingerprint density at radius 1 is 1.37 bits per heavy atom. The summed E-state index contributed by atoms with van der Waals surface area (Å²) in [6.07, 6.45) is 4.51. The van der Waals surface area contributed by atoms with E-state index in [4.69, 9.17) is 10.5 Å². The summed E-state index contributed by atoms with van der Waals surface area (Å²) in [6, 6.07) is 7.87. The molecule has 2 N–H and O–H groups in total. The van der Waals surface area contributed by atoms with Crippen molar-refractivity contribution < 1.29 is 9.53 Å². The fourth-order valence-electron chi connectivity index (χ4n) is 3.67. The maximum Gasteiger partial charge on any atom is 0.269 e. The molecule has 0 spiro atoms. The number of carbonyl (C=O) groups excluding carboxylic acids is 1. The fourth-order valence-corrected chi connectivity index (χ4v) is 3.67. The number of hydrogen-bond acceptors (Lipinski definition) is 5. The molecule has 3 heterocycles. The first-order valence-corrected chi connectivity index (χ1v) is 8.80. The number of rotatable bonds is 5. The van der Waals surface area contributed by atoms with E-state index >= 15 is 0 Å². The second kappa shape index (κ2) is 6.88. The number of amides is 1. The minimum Gasteiger partial charge on any atom is -0.497 e. The Bertz CT molecular complexity index is 977. The molecule has 140 valence electrons. The highest BCUT2D eigenvalue weighted by molar-refractivity contribution is 5.92. The van der Waals surface area contributed by atoms with Gasteiger partial charge >= 0.3 is 0 Å². The highest BCUT2D eigenvalue weighted by Gasteiger charge is 2.26. The van der Waals surface area contributed by atoms with Crippen molar-refractivity contribution in [3.8, 4) is 11.4 Å². The van der Waals surface area contributed by atoms with E-state index < -0.39 is 5.91 Å². The molecule has 0 bridgehead atoms. The fraction of sp³-hybridized carbons (Fsp3) is 0.316. The topological polar surface area (TPSA) is 91.2 Å². The van der Waals surface area contributed by atoms with Gasteiger partial charge < -0.3 is 10.5 Å². The number of carbonyl (C=O) groups is 1. The van der Waals surface area contributed by atoms with Crippen molar-refractivity contribution in [1.82, 2.24) is 24.5 Å². The molecular formula is C19H22N6O2. The van der Waals surface area contributed by atoms with Crippen LogP contribution in [0.5, 0.6) is 5.75 Å². The molecule has 8 nitrogen and oxygen atoms in total. The molecule has 0 saturated heterocycles. The van der Waals surface area contributed by atoms with Crippen LogP contribution in [0.15, 0.2) is 36.7 Å². The van der Waals surface area contributed by atoms with Gasteiger partial charge in [-0.3, -0.25) is 14.4 Å². The minimum atomic E-state index is -0.479. The first-order valence-electron chi connectivity index (χ1n) is 8.80. The summed E-state index contributed by atoms with van der Waals surface area (Å²) in [6.45, 7) is 2.22. The van der Waals surface area contributed by atoms with Gasteiger partial charge in [-0.15, -0.1) is 0 Å². The zero-order valence-corrected chi connectivity index (χ0v) is 15.4. The van der Waals surface area contributed by atoms with E-state index in [9.17, 15) is 4.79 Å². The molecule has 0 radical (unpaired) electrons. The summed E-state index contributed by atoms with van der Waals surface area (Å²) in [7, 11) is 3.52. The van der Waals surface area contributed by atoms with Crippen LogP contribution in [0.2, 0.25) is 0 Å². The molecule has 2 aromatic heterocycles. The first kappa shape index (κ1) is 17.3. The van der Waals surface area contributed by atoms with E-state index in [0.29, 0.717) is 18.8 Å². The average Bonchev–Trinajstić information content (AvgIpc) is 3.30. The molecule has 8 heteroatoms. The highest BCUT2D eigenvalue weighted by atomic mass is 16.5. The summed E-state index contributed by atoms with van der Waals surface area (Å²) in [5, 5.41) is 8.66. The van der Waals surface area contributed by atoms with Crippen molar-refractivity contribution >= 4 is 5.91 Å². The number of nitrogens with two attached hydrogens (primary N) is 1. The van der Waals surface area contributed by atoms with Crippen molar-refractivity contribution in [3.63, 3.8) is 0 Å². The van der Waals surface area contributed by atoms with Gasteiger partial charge in [-0.05, 0) is 29.8 Å². The maximum atomic E-state index is 11.7. The number of hydrogen-bond donors (Lipinski definition) is 1. The van der Waals surface area contributed by atoms with Gasteiger partial charge in [0.2, 0.25) is 0 Å². The molecule has 0 atom stereocenters. The second-order valence-corrected chi connectivity index (χ2v) is 6.67. The molecule has 4 rings (SSSR count). The van der Waals surface area contributed by atoms with Gasteiger partial charge in [-0.1, -0.05) is 0 Å². The van der Waals surface area contributed by atoms with E-state index in [0.717, 1.165) is 41.2 Å². The van der Waals surface area contributed by atoms with E-state index in [1.807, 2.05) is 42.2 Å². The third-order valence-electron chi connectivity index (χ3n) is 4.99. The maximum absolute atomic E-state index is 11.7. The number of primary amides is 1. The molecule has 1 amide bonds. The number of fused-ring (bicyclic) bond motifs is 1. The smallest absolute Gasteiger partial charge is 0.269 e. The van der Waals surface area contributed by atoms with Gasteiger partial charge in [0, 0.05) is 56.8 Å². The molecule has 1 aliphatic rings. The molecule has 1 aliphatic heterocycles. The molecular weight excluding hydrogens is 344 g/mol. The number of aryl methyl sites for hydroxylation is 1. The zero-order valence-electron chi connectivity index (χ0n) is 15.4. The Labute approximate surface area is 157 Å². The summed E-state index contributed by atoms with van der Waals surface area (Å²) >= 11 is 0.